The Bertz CT molecular complexity index is 323. The van der Waals surface area contributed by atoms with Crippen molar-refractivity contribution in [1.82, 2.24) is 9.78 Å². The first kappa shape index (κ1) is 12.1. The molecule has 84 valence electrons. The summed E-state index contributed by atoms with van der Waals surface area (Å²) in [5.41, 5.74) is 1.01. The maximum atomic E-state index is 10.3. The molecule has 0 aromatic carbocycles. The van der Waals surface area contributed by atoms with E-state index in [0.29, 0.717) is 11.8 Å². The molecule has 0 aliphatic rings. The third-order valence-corrected chi connectivity index (χ3v) is 2.90. The van der Waals surface area contributed by atoms with Gasteiger partial charge in [-0.15, -0.1) is 0 Å². The van der Waals surface area contributed by atoms with Gasteiger partial charge in [-0.25, -0.2) is 0 Å². The van der Waals surface area contributed by atoms with Crippen LogP contribution < -0.4 is 0 Å². The molecule has 0 saturated heterocycles. The van der Waals surface area contributed by atoms with Gasteiger partial charge in [0.15, 0.2) is 0 Å². The van der Waals surface area contributed by atoms with Crippen LogP contribution >= 0.6 is 11.8 Å². The molecule has 0 saturated carbocycles. The topological polar surface area (TPSA) is 55.1 Å². The van der Waals surface area contributed by atoms with E-state index in [1.165, 1.54) is 0 Å². The largest absolute Gasteiger partial charge is 0.481 e. The van der Waals surface area contributed by atoms with E-state index < -0.39 is 5.97 Å². The van der Waals surface area contributed by atoms with Crippen LogP contribution in [0.5, 0.6) is 0 Å². The molecule has 0 atom stereocenters. The zero-order chi connectivity index (χ0) is 11.3. The van der Waals surface area contributed by atoms with Crippen LogP contribution in [0, 0.1) is 0 Å². The maximum Gasteiger partial charge on any atom is 0.304 e. The molecule has 0 aliphatic carbocycles. The third kappa shape index (κ3) is 4.38. The molecule has 4 nitrogen and oxygen atoms in total. The van der Waals surface area contributed by atoms with Crippen molar-refractivity contribution in [2.75, 3.05) is 5.75 Å². The van der Waals surface area contributed by atoms with E-state index in [9.17, 15) is 4.79 Å². The van der Waals surface area contributed by atoms with Gasteiger partial charge in [-0.3, -0.25) is 9.48 Å². The first-order valence-electron chi connectivity index (χ1n) is 4.93. The van der Waals surface area contributed by atoms with Crippen molar-refractivity contribution in [3.05, 3.63) is 18.0 Å². The van der Waals surface area contributed by atoms with E-state index >= 15 is 0 Å². The molecular formula is C10H16N2O2S. The Labute approximate surface area is 93.7 Å². The minimum absolute atomic E-state index is 0.218. The fourth-order valence-electron chi connectivity index (χ4n) is 1.08. The molecule has 0 fully saturated rings. The molecule has 5 heteroatoms. The van der Waals surface area contributed by atoms with E-state index in [0.717, 1.165) is 11.4 Å². The van der Waals surface area contributed by atoms with Crippen LogP contribution in [0.15, 0.2) is 12.3 Å². The number of carbonyl (C=O) groups is 1. The fourth-order valence-corrected chi connectivity index (χ4v) is 1.90. The molecule has 0 spiro atoms. The molecule has 0 unspecified atom stereocenters. The van der Waals surface area contributed by atoms with Crippen molar-refractivity contribution in [3.8, 4) is 0 Å². The van der Waals surface area contributed by atoms with Crippen molar-refractivity contribution in [1.29, 1.82) is 0 Å². The highest BCUT2D eigenvalue weighted by molar-refractivity contribution is 7.98. The van der Waals surface area contributed by atoms with Crippen molar-refractivity contribution in [2.45, 2.75) is 32.1 Å². The van der Waals surface area contributed by atoms with Crippen molar-refractivity contribution in [2.24, 2.45) is 0 Å². The van der Waals surface area contributed by atoms with Gasteiger partial charge >= 0.3 is 5.97 Å². The number of rotatable bonds is 6. The highest BCUT2D eigenvalue weighted by Gasteiger charge is 2.02. The minimum atomic E-state index is -0.741. The van der Waals surface area contributed by atoms with E-state index in [1.807, 2.05) is 16.9 Å². The SMILES string of the molecule is CC(C)n1ccc(CSCCC(=O)O)n1. The van der Waals surface area contributed by atoms with Crippen LogP contribution in [0.4, 0.5) is 0 Å². The first-order valence-corrected chi connectivity index (χ1v) is 6.08. The first-order chi connectivity index (χ1) is 7.09. The van der Waals surface area contributed by atoms with Gasteiger partial charge < -0.3 is 5.11 Å². The number of carboxylic acid groups (broad SMARTS) is 1. The molecule has 1 aromatic heterocycles. The van der Waals surface area contributed by atoms with Crippen molar-refractivity contribution >= 4 is 17.7 Å². The number of hydrogen-bond acceptors (Lipinski definition) is 3. The summed E-state index contributed by atoms with van der Waals surface area (Å²) in [6.07, 6.45) is 2.17. The van der Waals surface area contributed by atoms with E-state index in [2.05, 4.69) is 18.9 Å². The minimum Gasteiger partial charge on any atom is -0.481 e. The number of hydrogen-bond donors (Lipinski definition) is 1. The Morgan fingerprint density at radius 3 is 2.93 bits per heavy atom. The number of thioether (sulfide) groups is 1. The summed E-state index contributed by atoms with van der Waals surface area (Å²) in [7, 11) is 0. The summed E-state index contributed by atoms with van der Waals surface area (Å²) in [6.45, 7) is 4.16. The summed E-state index contributed by atoms with van der Waals surface area (Å²) in [5.74, 6) is 0.687. The summed E-state index contributed by atoms with van der Waals surface area (Å²) < 4.78 is 1.91. The Balaban J connectivity index is 2.28. The lowest BCUT2D eigenvalue weighted by Gasteiger charge is -2.03. The molecule has 0 bridgehead atoms. The summed E-state index contributed by atoms with van der Waals surface area (Å²) in [5, 5.41) is 12.8. The average Bonchev–Trinajstić information content (AvgIpc) is 2.60. The van der Waals surface area contributed by atoms with Crippen LogP contribution in [-0.2, 0) is 10.5 Å². The van der Waals surface area contributed by atoms with Crippen LogP contribution in [0.2, 0.25) is 0 Å². The third-order valence-electron chi connectivity index (χ3n) is 1.90. The second-order valence-electron chi connectivity index (χ2n) is 3.58. The van der Waals surface area contributed by atoms with E-state index in [-0.39, 0.29) is 6.42 Å². The summed E-state index contributed by atoms with van der Waals surface area (Å²) in [6, 6.07) is 2.36. The molecular weight excluding hydrogens is 212 g/mol. The highest BCUT2D eigenvalue weighted by atomic mass is 32.2. The smallest absolute Gasteiger partial charge is 0.304 e. The fraction of sp³-hybridized carbons (Fsp3) is 0.600. The average molecular weight is 228 g/mol. The van der Waals surface area contributed by atoms with Crippen molar-refractivity contribution < 1.29 is 9.90 Å². The lowest BCUT2D eigenvalue weighted by atomic mass is 10.4. The molecule has 1 heterocycles. The summed E-state index contributed by atoms with van der Waals surface area (Å²) >= 11 is 1.60. The number of nitrogens with zero attached hydrogens (tertiary/aromatic N) is 2. The van der Waals surface area contributed by atoms with Gasteiger partial charge in [0.25, 0.3) is 0 Å². The van der Waals surface area contributed by atoms with Gasteiger partial charge in [-0.1, -0.05) is 0 Å². The normalized spacial score (nSPS) is 10.9. The molecule has 0 radical (unpaired) electrons. The Hall–Kier alpha value is -0.970. The van der Waals surface area contributed by atoms with Crippen LogP contribution in [0.1, 0.15) is 32.0 Å². The highest BCUT2D eigenvalue weighted by Crippen LogP contribution is 2.12. The standard InChI is InChI=1S/C10H16N2O2S/c1-8(2)12-5-3-9(11-12)7-15-6-4-10(13)14/h3,5,8H,4,6-7H2,1-2H3,(H,13,14). The van der Waals surface area contributed by atoms with Gasteiger partial charge in [0.05, 0.1) is 12.1 Å². The lowest BCUT2D eigenvalue weighted by molar-refractivity contribution is -0.136. The monoisotopic (exact) mass is 228 g/mol. The molecule has 15 heavy (non-hydrogen) atoms. The zero-order valence-electron chi connectivity index (χ0n) is 9.01. The van der Waals surface area contributed by atoms with Crippen LogP contribution in [-0.4, -0.2) is 26.6 Å². The Morgan fingerprint density at radius 1 is 1.67 bits per heavy atom. The molecule has 0 amide bonds. The van der Waals surface area contributed by atoms with Gasteiger partial charge in [0, 0.05) is 23.7 Å². The Morgan fingerprint density at radius 2 is 2.40 bits per heavy atom. The molecule has 1 aromatic rings. The number of aliphatic carboxylic acids is 1. The van der Waals surface area contributed by atoms with Gasteiger partial charge in [0.1, 0.15) is 0 Å². The molecule has 1 N–H and O–H groups in total. The zero-order valence-corrected chi connectivity index (χ0v) is 9.83. The lowest BCUT2D eigenvalue weighted by Crippen LogP contribution is -2.01. The van der Waals surface area contributed by atoms with Crippen LogP contribution in [0.25, 0.3) is 0 Å². The van der Waals surface area contributed by atoms with Crippen LogP contribution in [0.3, 0.4) is 0 Å². The van der Waals surface area contributed by atoms with Crippen molar-refractivity contribution in [3.63, 3.8) is 0 Å². The van der Waals surface area contributed by atoms with Gasteiger partial charge in [-0.05, 0) is 19.9 Å². The summed E-state index contributed by atoms with van der Waals surface area (Å²) in [4.78, 5) is 10.3. The second-order valence-corrected chi connectivity index (χ2v) is 4.68. The second kappa shape index (κ2) is 5.80. The van der Waals surface area contributed by atoms with Gasteiger partial charge in [-0.2, -0.15) is 16.9 Å². The van der Waals surface area contributed by atoms with Gasteiger partial charge in [0.2, 0.25) is 0 Å². The Kier molecular flexibility index (Phi) is 4.68. The number of carboxylic acids is 1. The maximum absolute atomic E-state index is 10.3. The number of aromatic nitrogens is 2. The predicted octanol–water partition coefficient (Wildman–Crippen LogP) is 2.17. The predicted molar refractivity (Wildman–Crippen MR) is 61.0 cm³/mol. The van der Waals surface area contributed by atoms with E-state index in [4.69, 9.17) is 5.11 Å². The van der Waals surface area contributed by atoms with E-state index in [1.54, 1.807) is 11.8 Å². The molecule has 0 aliphatic heterocycles. The molecule has 1 rings (SSSR count). The quantitative estimate of drug-likeness (QED) is 0.758.